The van der Waals surface area contributed by atoms with E-state index in [4.69, 9.17) is 16.0 Å². The molecule has 0 aliphatic rings. The lowest BCUT2D eigenvalue weighted by molar-refractivity contribution is -0.119. The molecule has 0 unspecified atom stereocenters. The predicted molar refractivity (Wildman–Crippen MR) is 99.0 cm³/mol. The molecule has 1 amide bonds. The predicted octanol–water partition coefficient (Wildman–Crippen LogP) is 4.14. The number of methoxy groups -OCH3 is 1. The molecule has 0 fully saturated rings. The molecule has 1 N–H and O–H groups in total. The summed E-state index contributed by atoms with van der Waals surface area (Å²) in [4.78, 5) is 23.6. The van der Waals surface area contributed by atoms with Crippen molar-refractivity contribution < 1.29 is 18.7 Å². The van der Waals surface area contributed by atoms with Gasteiger partial charge in [0.1, 0.15) is 17.1 Å². The molecule has 2 aromatic rings. The highest BCUT2D eigenvalue weighted by Crippen LogP contribution is 2.21. The van der Waals surface area contributed by atoms with Crippen molar-refractivity contribution in [1.29, 1.82) is 0 Å². The number of halogens is 1. The van der Waals surface area contributed by atoms with Crippen LogP contribution in [0.25, 0.3) is 0 Å². The topological polar surface area (TPSA) is 68.5 Å². The number of carbonyl (C=O) groups excluding carboxylic acids is 2. The van der Waals surface area contributed by atoms with Crippen molar-refractivity contribution in [3.63, 3.8) is 0 Å². The first-order valence-corrected chi connectivity index (χ1v) is 9.24. The molecule has 1 heterocycles. The molecule has 5 nitrogen and oxygen atoms in total. The van der Waals surface area contributed by atoms with Crippen LogP contribution in [0, 0.1) is 6.92 Å². The van der Waals surface area contributed by atoms with Crippen LogP contribution in [0.5, 0.6) is 0 Å². The fourth-order valence-corrected chi connectivity index (χ4v) is 3.13. The van der Waals surface area contributed by atoms with Gasteiger partial charge < -0.3 is 14.5 Å². The monoisotopic (exact) mass is 381 g/mol. The molecule has 134 valence electrons. The molecule has 0 saturated carbocycles. The zero-order chi connectivity index (χ0) is 18.4. The lowest BCUT2D eigenvalue weighted by atomic mass is 10.1. The van der Waals surface area contributed by atoms with E-state index in [1.54, 1.807) is 25.1 Å². The fraction of sp³-hybridized carbons (Fsp3) is 0.333. The van der Waals surface area contributed by atoms with Crippen molar-refractivity contribution in [2.24, 2.45) is 0 Å². The van der Waals surface area contributed by atoms with E-state index in [1.165, 1.54) is 18.9 Å². The Bertz CT molecular complexity index is 742. The number of esters is 1. The Morgan fingerprint density at radius 2 is 2.00 bits per heavy atom. The molecule has 2 rings (SSSR count). The molecule has 0 bridgehead atoms. The third-order valence-electron chi connectivity index (χ3n) is 3.60. The maximum atomic E-state index is 12.0. The van der Waals surface area contributed by atoms with E-state index in [2.05, 4.69) is 10.1 Å². The average Bonchev–Trinajstić information content (AvgIpc) is 2.95. The third-order valence-corrected chi connectivity index (χ3v) is 4.81. The molecule has 0 aliphatic heterocycles. The summed E-state index contributed by atoms with van der Waals surface area (Å²) in [7, 11) is 1.33. The quantitative estimate of drug-likeness (QED) is 0.730. The Kier molecular flexibility index (Phi) is 6.96. The Morgan fingerprint density at radius 1 is 1.32 bits per heavy atom. The van der Waals surface area contributed by atoms with Gasteiger partial charge >= 0.3 is 5.97 Å². The molecule has 25 heavy (non-hydrogen) atoms. The maximum Gasteiger partial charge on any atom is 0.341 e. The van der Waals surface area contributed by atoms with Crippen LogP contribution in [0.1, 0.15) is 40.4 Å². The zero-order valence-corrected chi connectivity index (χ0v) is 15.9. The maximum absolute atomic E-state index is 12.0. The van der Waals surface area contributed by atoms with Gasteiger partial charge in [-0.2, -0.15) is 0 Å². The number of benzene rings is 1. The number of amides is 1. The number of carbonyl (C=O) groups is 2. The number of hydrogen-bond donors (Lipinski definition) is 1. The van der Waals surface area contributed by atoms with Crippen LogP contribution < -0.4 is 5.32 Å². The van der Waals surface area contributed by atoms with Crippen molar-refractivity contribution in [3.05, 3.63) is 58.0 Å². The second-order valence-corrected chi connectivity index (χ2v) is 6.93. The second kappa shape index (κ2) is 8.97. The van der Waals surface area contributed by atoms with Crippen LogP contribution in [0.3, 0.4) is 0 Å². The van der Waals surface area contributed by atoms with Crippen LogP contribution >= 0.6 is 23.4 Å². The minimum atomic E-state index is -0.424. The minimum absolute atomic E-state index is 0.0658. The van der Waals surface area contributed by atoms with Gasteiger partial charge in [-0.3, -0.25) is 4.79 Å². The lowest BCUT2D eigenvalue weighted by Crippen LogP contribution is -2.28. The Balaban J connectivity index is 1.80. The van der Waals surface area contributed by atoms with Crippen LogP contribution in [0.15, 0.2) is 34.7 Å². The first-order chi connectivity index (χ1) is 11.9. The van der Waals surface area contributed by atoms with Gasteiger partial charge in [0.25, 0.3) is 0 Å². The molecular formula is C18H20ClNO4S. The Hall–Kier alpha value is -1.92. The summed E-state index contributed by atoms with van der Waals surface area (Å²) in [5.41, 5.74) is 1.41. The number of rotatable bonds is 7. The third kappa shape index (κ3) is 5.54. The van der Waals surface area contributed by atoms with Gasteiger partial charge in [0.05, 0.1) is 24.7 Å². The van der Waals surface area contributed by atoms with Gasteiger partial charge in [0, 0.05) is 5.02 Å². The summed E-state index contributed by atoms with van der Waals surface area (Å²) in [5.74, 6) is 1.46. The van der Waals surface area contributed by atoms with E-state index < -0.39 is 5.97 Å². The Morgan fingerprint density at radius 3 is 2.64 bits per heavy atom. The van der Waals surface area contributed by atoms with Crippen LogP contribution in [-0.2, 0) is 15.3 Å². The van der Waals surface area contributed by atoms with Gasteiger partial charge in [0.2, 0.25) is 5.91 Å². The number of ether oxygens (including phenoxy) is 1. The number of aryl methyl sites for hydroxylation is 1. The first-order valence-electron chi connectivity index (χ1n) is 7.71. The summed E-state index contributed by atoms with van der Waals surface area (Å²) < 4.78 is 10.2. The van der Waals surface area contributed by atoms with Gasteiger partial charge in [-0.25, -0.2) is 4.79 Å². The summed E-state index contributed by atoms with van der Waals surface area (Å²) in [5, 5.41) is 3.60. The van der Waals surface area contributed by atoms with E-state index in [0.717, 1.165) is 5.56 Å². The largest absolute Gasteiger partial charge is 0.465 e. The van der Waals surface area contributed by atoms with Crippen molar-refractivity contribution in [2.75, 3.05) is 12.9 Å². The van der Waals surface area contributed by atoms with Gasteiger partial charge in [-0.1, -0.05) is 23.7 Å². The zero-order valence-electron chi connectivity index (χ0n) is 14.3. The average molecular weight is 382 g/mol. The summed E-state index contributed by atoms with van der Waals surface area (Å²) in [6.07, 6.45) is 0. The smallest absolute Gasteiger partial charge is 0.341 e. The van der Waals surface area contributed by atoms with Crippen molar-refractivity contribution in [2.45, 2.75) is 25.6 Å². The highest BCUT2D eigenvalue weighted by Gasteiger charge is 2.16. The molecule has 0 spiro atoms. The Labute approximate surface area is 156 Å². The standard InChI is InChI=1S/C18H20ClNO4S/c1-11(13-4-6-14(19)7-5-13)20-17(21)10-25-9-15-8-16(12(2)24-15)18(22)23-3/h4-8,11H,9-10H2,1-3H3,(H,20,21)/t11-/m0/s1. The highest BCUT2D eigenvalue weighted by atomic mass is 35.5. The molecule has 1 atom stereocenters. The number of thioether (sulfide) groups is 1. The molecular weight excluding hydrogens is 362 g/mol. The molecule has 1 aromatic heterocycles. The van der Waals surface area contributed by atoms with Gasteiger partial charge in [-0.05, 0) is 37.6 Å². The van der Waals surface area contributed by atoms with Crippen LogP contribution in [0.2, 0.25) is 5.02 Å². The van der Waals surface area contributed by atoms with Gasteiger partial charge in [0.15, 0.2) is 0 Å². The highest BCUT2D eigenvalue weighted by molar-refractivity contribution is 7.99. The molecule has 0 radical (unpaired) electrons. The van der Waals surface area contributed by atoms with E-state index in [9.17, 15) is 9.59 Å². The number of hydrogen-bond acceptors (Lipinski definition) is 5. The van der Waals surface area contributed by atoms with Crippen LogP contribution in [-0.4, -0.2) is 24.7 Å². The summed E-state index contributed by atoms with van der Waals surface area (Å²) in [6, 6.07) is 8.93. The van der Waals surface area contributed by atoms with E-state index in [1.807, 2.05) is 19.1 Å². The molecule has 0 saturated heterocycles. The minimum Gasteiger partial charge on any atom is -0.465 e. The van der Waals surface area contributed by atoms with Crippen molar-refractivity contribution in [1.82, 2.24) is 5.32 Å². The molecule has 0 aliphatic carbocycles. The molecule has 7 heteroatoms. The van der Waals surface area contributed by atoms with Crippen molar-refractivity contribution >= 4 is 35.2 Å². The van der Waals surface area contributed by atoms with Gasteiger partial charge in [-0.15, -0.1) is 11.8 Å². The van der Waals surface area contributed by atoms with E-state index >= 15 is 0 Å². The lowest BCUT2D eigenvalue weighted by Gasteiger charge is -2.14. The fourth-order valence-electron chi connectivity index (χ4n) is 2.29. The normalized spacial score (nSPS) is 11.8. The summed E-state index contributed by atoms with van der Waals surface area (Å²) in [6.45, 7) is 3.63. The SMILES string of the molecule is COC(=O)c1cc(CSCC(=O)N[C@@H](C)c2ccc(Cl)cc2)oc1C. The second-order valence-electron chi connectivity index (χ2n) is 5.51. The number of furan rings is 1. The first kappa shape index (κ1) is 19.4. The molecule has 1 aromatic carbocycles. The summed E-state index contributed by atoms with van der Waals surface area (Å²) >= 11 is 7.28. The van der Waals surface area contributed by atoms with E-state index in [0.29, 0.717) is 33.6 Å². The van der Waals surface area contributed by atoms with Crippen molar-refractivity contribution in [3.8, 4) is 0 Å². The van der Waals surface area contributed by atoms with Crippen LogP contribution in [0.4, 0.5) is 0 Å². The number of nitrogens with one attached hydrogen (secondary N) is 1. The van der Waals surface area contributed by atoms with E-state index in [-0.39, 0.29) is 11.9 Å².